The number of carboxylic acids is 1. The van der Waals surface area contributed by atoms with Crippen molar-refractivity contribution in [3.63, 3.8) is 0 Å². The molecule has 0 spiro atoms. The van der Waals surface area contributed by atoms with Gasteiger partial charge in [0.1, 0.15) is 0 Å². The van der Waals surface area contributed by atoms with Crippen LogP contribution in [0.3, 0.4) is 0 Å². The van der Waals surface area contributed by atoms with Crippen LogP contribution >= 0.6 is 0 Å². The normalized spacial score (nSPS) is 10.3. The van der Waals surface area contributed by atoms with Gasteiger partial charge in [0, 0.05) is 12.5 Å². The van der Waals surface area contributed by atoms with Crippen molar-refractivity contribution in [2.45, 2.75) is 58.4 Å². The lowest BCUT2D eigenvalue weighted by atomic mass is 10.1. The number of nitrogens with one attached hydrogen (secondary N) is 1. The van der Waals surface area contributed by atoms with E-state index >= 15 is 0 Å². The van der Waals surface area contributed by atoms with Gasteiger partial charge in [-0.15, -0.1) is 0 Å². The molecule has 0 radical (unpaired) electrons. The third-order valence-electron chi connectivity index (χ3n) is 2.21. The smallest absolute Gasteiger partial charge is 0.303 e. The fourth-order valence-corrected chi connectivity index (χ4v) is 1.51. The van der Waals surface area contributed by atoms with Gasteiger partial charge in [-0.25, -0.2) is 0 Å². The molecule has 0 aromatic rings. The number of carboxylic acid groups (broad SMARTS) is 1. The van der Waals surface area contributed by atoms with Crippen LogP contribution in [0.15, 0.2) is 0 Å². The minimum Gasteiger partial charge on any atom is -0.481 e. The zero-order chi connectivity index (χ0) is 11.7. The summed E-state index contributed by atoms with van der Waals surface area (Å²) in [5.41, 5.74) is 0. The number of hydrogen-bond donors (Lipinski definition) is 2. The molecule has 0 aliphatic carbocycles. The number of carbonyl (C=O) groups excluding carboxylic acids is 1. The maximum absolute atomic E-state index is 11.3. The molecule has 0 saturated heterocycles. The Balaban J connectivity index is 3.82. The average Bonchev–Trinajstić information content (AvgIpc) is 2.15. The molecule has 15 heavy (non-hydrogen) atoms. The van der Waals surface area contributed by atoms with Gasteiger partial charge in [-0.2, -0.15) is 0 Å². The van der Waals surface area contributed by atoms with Crippen LogP contribution in [0.25, 0.3) is 0 Å². The van der Waals surface area contributed by atoms with Crippen LogP contribution in [-0.2, 0) is 9.59 Å². The largest absolute Gasteiger partial charge is 0.481 e. The molecule has 1 amide bonds. The van der Waals surface area contributed by atoms with Gasteiger partial charge in [0.2, 0.25) is 5.91 Å². The molecular formula is C11H21NO3. The Bertz CT molecular complexity index is 198. The molecule has 0 fully saturated rings. The molecule has 4 heteroatoms. The first-order chi connectivity index (χ1) is 7.10. The monoisotopic (exact) mass is 215 g/mol. The van der Waals surface area contributed by atoms with Gasteiger partial charge in [0.05, 0.1) is 6.42 Å². The van der Waals surface area contributed by atoms with Crippen molar-refractivity contribution in [2.24, 2.45) is 0 Å². The fraction of sp³-hybridized carbons (Fsp3) is 0.818. The van der Waals surface area contributed by atoms with Gasteiger partial charge < -0.3 is 10.4 Å². The van der Waals surface area contributed by atoms with Crippen LogP contribution in [0.1, 0.15) is 52.4 Å². The van der Waals surface area contributed by atoms with Gasteiger partial charge in [0.15, 0.2) is 0 Å². The summed E-state index contributed by atoms with van der Waals surface area (Å²) in [5, 5.41) is 11.3. The zero-order valence-electron chi connectivity index (χ0n) is 9.58. The lowest BCUT2D eigenvalue weighted by Gasteiger charge is -2.16. The molecule has 0 atom stereocenters. The minimum atomic E-state index is -0.923. The number of rotatable bonds is 8. The van der Waals surface area contributed by atoms with E-state index in [1.165, 1.54) is 0 Å². The van der Waals surface area contributed by atoms with Crippen molar-refractivity contribution >= 4 is 11.9 Å². The predicted octanol–water partition coefficient (Wildman–Crippen LogP) is 1.94. The topological polar surface area (TPSA) is 66.4 Å². The zero-order valence-corrected chi connectivity index (χ0v) is 9.58. The minimum absolute atomic E-state index is 0.0826. The second-order valence-corrected chi connectivity index (χ2v) is 3.74. The highest BCUT2D eigenvalue weighted by Crippen LogP contribution is 2.05. The third-order valence-corrected chi connectivity index (χ3v) is 2.21. The summed E-state index contributed by atoms with van der Waals surface area (Å²) in [4.78, 5) is 21.6. The summed E-state index contributed by atoms with van der Waals surface area (Å²) in [7, 11) is 0. The summed E-state index contributed by atoms with van der Waals surface area (Å²) in [6.07, 6.45) is 3.99. The highest BCUT2D eigenvalue weighted by molar-refractivity contribution is 5.80. The van der Waals surface area contributed by atoms with Crippen LogP contribution in [0.2, 0.25) is 0 Å². The number of aliphatic carboxylic acids is 1. The van der Waals surface area contributed by atoms with Crippen LogP contribution < -0.4 is 5.32 Å². The molecule has 0 unspecified atom stereocenters. The van der Waals surface area contributed by atoms with Crippen molar-refractivity contribution < 1.29 is 14.7 Å². The molecule has 0 aliphatic rings. The summed E-state index contributed by atoms with van der Waals surface area (Å²) in [5.74, 6) is -1.07. The fourth-order valence-electron chi connectivity index (χ4n) is 1.51. The van der Waals surface area contributed by atoms with Crippen LogP contribution in [0, 0.1) is 0 Å². The van der Waals surface area contributed by atoms with Gasteiger partial charge in [-0.05, 0) is 12.8 Å². The lowest BCUT2D eigenvalue weighted by Crippen LogP contribution is -2.34. The highest BCUT2D eigenvalue weighted by atomic mass is 16.4. The van der Waals surface area contributed by atoms with E-state index in [1.54, 1.807) is 0 Å². The third kappa shape index (κ3) is 7.97. The molecule has 4 nitrogen and oxygen atoms in total. The van der Waals surface area contributed by atoms with Gasteiger partial charge in [-0.1, -0.05) is 26.7 Å². The average molecular weight is 215 g/mol. The molecule has 0 heterocycles. The molecule has 0 bridgehead atoms. The quantitative estimate of drug-likeness (QED) is 0.650. The first kappa shape index (κ1) is 13.9. The summed E-state index contributed by atoms with van der Waals surface area (Å²) in [6, 6.07) is 0.210. The van der Waals surface area contributed by atoms with Crippen molar-refractivity contribution in [3.8, 4) is 0 Å². The Labute approximate surface area is 91.1 Å². The lowest BCUT2D eigenvalue weighted by molar-refractivity contribution is -0.138. The Morgan fingerprint density at radius 2 is 1.67 bits per heavy atom. The van der Waals surface area contributed by atoms with Crippen LogP contribution in [0.5, 0.6) is 0 Å². The summed E-state index contributed by atoms with van der Waals surface area (Å²) in [6.45, 7) is 4.15. The Morgan fingerprint density at radius 1 is 1.13 bits per heavy atom. The second kappa shape index (κ2) is 8.26. The van der Waals surface area contributed by atoms with E-state index in [9.17, 15) is 9.59 Å². The van der Waals surface area contributed by atoms with Gasteiger partial charge >= 0.3 is 5.97 Å². The maximum Gasteiger partial charge on any atom is 0.303 e. The SMILES string of the molecule is CCCC(CCC)NC(=O)CCC(=O)O. The van der Waals surface area contributed by atoms with Crippen molar-refractivity contribution in [2.75, 3.05) is 0 Å². The van der Waals surface area contributed by atoms with E-state index in [1.807, 2.05) is 0 Å². The summed E-state index contributed by atoms with van der Waals surface area (Å²) < 4.78 is 0. The van der Waals surface area contributed by atoms with E-state index < -0.39 is 5.97 Å². The number of hydrogen-bond acceptors (Lipinski definition) is 2. The van der Waals surface area contributed by atoms with Crippen molar-refractivity contribution in [1.29, 1.82) is 0 Å². The Hall–Kier alpha value is -1.06. The molecular weight excluding hydrogens is 194 g/mol. The number of carbonyl (C=O) groups is 2. The molecule has 88 valence electrons. The molecule has 2 N–H and O–H groups in total. The van der Waals surface area contributed by atoms with E-state index in [-0.39, 0.29) is 24.8 Å². The molecule has 0 rings (SSSR count). The molecule has 0 aliphatic heterocycles. The highest BCUT2D eigenvalue weighted by Gasteiger charge is 2.11. The molecule has 0 saturated carbocycles. The molecule has 0 aromatic carbocycles. The van der Waals surface area contributed by atoms with Crippen molar-refractivity contribution in [3.05, 3.63) is 0 Å². The predicted molar refractivity (Wildman–Crippen MR) is 58.6 cm³/mol. The van der Waals surface area contributed by atoms with E-state index in [0.717, 1.165) is 25.7 Å². The second-order valence-electron chi connectivity index (χ2n) is 3.74. The van der Waals surface area contributed by atoms with E-state index in [0.29, 0.717) is 0 Å². The standard InChI is InChI=1S/C11H21NO3/c1-3-5-9(6-4-2)12-10(13)7-8-11(14)15/h9H,3-8H2,1-2H3,(H,12,13)(H,14,15). The van der Waals surface area contributed by atoms with Crippen molar-refractivity contribution in [1.82, 2.24) is 5.32 Å². The maximum atomic E-state index is 11.3. The van der Waals surface area contributed by atoms with Crippen LogP contribution in [-0.4, -0.2) is 23.0 Å². The van der Waals surface area contributed by atoms with E-state index in [2.05, 4.69) is 19.2 Å². The molecule has 0 aromatic heterocycles. The van der Waals surface area contributed by atoms with Gasteiger partial charge in [-0.3, -0.25) is 9.59 Å². The first-order valence-corrected chi connectivity index (χ1v) is 5.61. The Morgan fingerprint density at radius 3 is 2.07 bits per heavy atom. The number of amides is 1. The van der Waals surface area contributed by atoms with E-state index in [4.69, 9.17) is 5.11 Å². The summed E-state index contributed by atoms with van der Waals surface area (Å²) >= 11 is 0. The van der Waals surface area contributed by atoms with Gasteiger partial charge in [0.25, 0.3) is 0 Å². The Kier molecular flexibility index (Phi) is 7.68. The first-order valence-electron chi connectivity index (χ1n) is 5.61. The van der Waals surface area contributed by atoms with Crippen LogP contribution in [0.4, 0.5) is 0 Å².